The second kappa shape index (κ2) is 11.3. The summed E-state index contributed by atoms with van der Waals surface area (Å²) < 4.78 is 5.47. The number of carbonyl (C=O) groups is 1. The summed E-state index contributed by atoms with van der Waals surface area (Å²) in [6, 6.07) is 19.5. The third-order valence-electron chi connectivity index (χ3n) is 7.44. The van der Waals surface area contributed by atoms with E-state index < -0.39 is 15.8 Å². The number of rotatable bonds is 7. The number of nitrogens with zero attached hydrogens (tertiary/aromatic N) is 4. The lowest BCUT2D eigenvalue weighted by Gasteiger charge is -2.41. The van der Waals surface area contributed by atoms with E-state index in [4.69, 9.17) is 22.1 Å². The number of allylic oxidation sites excluding steroid dienone is 3. The highest BCUT2D eigenvalue weighted by Crippen LogP contribution is 2.52. The number of ketones is 1. The highest BCUT2D eigenvalue weighted by Gasteiger charge is 2.45. The van der Waals surface area contributed by atoms with Crippen molar-refractivity contribution in [3.8, 4) is 11.8 Å². The second-order valence-corrected chi connectivity index (χ2v) is 10.2. The predicted octanol–water partition coefficient (Wildman–Crippen LogP) is 6.25. The first kappa shape index (κ1) is 28.3. The van der Waals surface area contributed by atoms with Crippen LogP contribution in [0.15, 0.2) is 89.4 Å². The number of hydrogen-bond acceptors (Lipinski definition) is 9. The minimum Gasteiger partial charge on any atom is -0.494 e. The van der Waals surface area contributed by atoms with E-state index in [1.807, 2.05) is 30.3 Å². The SMILES string of the molecule is CCOc1ccc(N2C(N)=C(C#N)[C@H](c3cc([N+](=O)[O-])ccc3Cl)C3=C2C[C@@H](c2ccccc2)CC3=O)c([N+](=O)[O-])c1. The van der Waals surface area contributed by atoms with Crippen molar-refractivity contribution < 1.29 is 19.4 Å². The quantitative estimate of drug-likeness (QED) is 0.249. The van der Waals surface area contributed by atoms with E-state index in [2.05, 4.69) is 6.07 Å². The van der Waals surface area contributed by atoms with Crippen LogP contribution >= 0.6 is 11.6 Å². The third kappa shape index (κ3) is 4.93. The number of halogens is 1. The fourth-order valence-corrected chi connectivity index (χ4v) is 5.86. The van der Waals surface area contributed by atoms with Crippen molar-refractivity contribution in [2.75, 3.05) is 11.5 Å². The van der Waals surface area contributed by atoms with Crippen LogP contribution in [0.5, 0.6) is 5.75 Å². The number of Topliss-reactive ketones (excluding diaryl/α,β-unsaturated/α-hetero) is 1. The number of ether oxygens (including phenoxy) is 1. The fourth-order valence-electron chi connectivity index (χ4n) is 5.64. The number of nitrogens with two attached hydrogens (primary N) is 1. The molecule has 0 fully saturated rings. The minimum absolute atomic E-state index is 0.0475. The van der Waals surface area contributed by atoms with Gasteiger partial charge in [-0.05, 0) is 48.6 Å². The summed E-state index contributed by atoms with van der Waals surface area (Å²) >= 11 is 6.53. The van der Waals surface area contributed by atoms with Gasteiger partial charge in [-0.15, -0.1) is 0 Å². The van der Waals surface area contributed by atoms with Gasteiger partial charge in [0.15, 0.2) is 5.78 Å². The van der Waals surface area contributed by atoms with E-state index in [9.17, 15) is 30.3 Å². The maximum absolute atomic E-state index is 14.0. The largest absolute Gasteiger partial charge is 0.494 e. The molecule has 2 aliphatic rings. The topological polar surface area (TPSA) is 166 Å². The number of carbonyl (C=O) groups excluding carboxylic acids is 1. The first-order valence-corrected chi connectivity index (χ1v) is 13.4. The number of non-ortho nitro benzene ring substituents is 1. The third-order valence-corrected chi connectivity index (χ3v) is 7.78. The number of nitro benzene ring substituents is 2. The molecule has 0 radical (unpaired) electrons. The van der Waals surface area contributed by atoms with Gasteiger partial charge < -0.3 is 10.5 Å². The number of anilines is 1. The lowest BCUT2D eigenvalue weighted by molar-refractivity contribution is -0.384. The lowest BCUT2D eigenvalue weighted by atomic mass is 9.71. The highest BCUT2D eigenvalue weighted by molar-refractivity contribution is 6.31. The summed E-state index contributed by atoms with van der Waals surface area (Å²) in [5.74, 6) is -1.60. The second-order valence-electron chi connectivity index (χ2n) is 9.78. The average molecular weight is 586 g/mol. The van der Waals surface area contributed by atoms with Crippen molar-refractivity contribution in [1.82, 2.24) is 0 Å². The van der Waals surface area contributed by atoms with Gasteiger partial charge in [-0.1, -0.05) is 41.9 Å². The van der Waals surface area contributed by atoms with E-state index in [0.717, 1.165) is 5.56 Å². The molecule has 0 spiro atoms. The molecule has 5 rings (SSSR count). The first-order chi connectivity index (χ1) is 20.2. The molecule has 1 heterocycles. The van der Waals surface area contributed by atoms with E-state index in [0.29, 0.717) is 5.70 Å². The molecule has 3 aromatic rings. The van der Waals surface area contributed by atoms with Gasteiger partial charge in [0.25, 0.3) is 11.4 Å². The maximum atomic E-state index is 14.0. The van der Waals surface area contributed by atoms with Crippen LogP contribution in [0.4, 0.5) is 17.1 Å². The highest BCUT2D eigenvalue weighted by atomic mass is 35.5. The number of hydrogen-bond donors (Lipinski definition) is 1. The molecular weight excluding hydrogens is 562 g/mol. The zero-order valence-electron chi connectivity index (χ0n) is 22.3. The molecule has 0 amide bonds. The van der Waals surface area contributed by atoms with Gasteiger partial charge in [0.2, 0.25) is 0 Å². The van der Waals surface area contributed by atoms with Gasteiger partial charge in [-0.3, -0.25) is 29.9 Å². The van der Waals surface area contributed by atoms with Crippen molar-refractivity contribution in [2.24, 2.45) is 5.73 Å². The van der Waals surface area contributed by atoms with Crippen molar-refractivity contribution in [1.29, 1.82) is 5.26 Å². The Morgan fingerprint density at radius 1 is 1.07 bits per heavy atom. The Morgan fingerprint density at radius 2 is 1.81 bits per heavy atom. The van der Waals surface area contributed by atoms with Crippen LogP contribution in [0.1, 0.15) is 42.7 Å². The van der Waals surface area contributed by atoms with Crippen LogP contribution in [-0.2, 0) is 4.79 Å². The Morgan fingerprint density at radius 3 is 2.45 bits per heavy atom. The molecule has 0 unspecified atom stereocenters. The van der Waals surface area contributed by atoms with E-state index in [1.54, 1.807) is 13.0 Å². The Bertz CT molecular complexity index is 1730. The molecule has 2 atom stereocenters. The molecule has 2 N–H and O–H groups in total. The molecule has 3 aromatic carbocycles. The Balaban J connectivity index is 1.80. The summed E-state index contributed by atoms with van der Waals surface area (Å²) in [5, 5.41) is 34.3. The molecular formula is C30H24ClN5O6. The van der Waals surface area contributed by atoms with Crippen LogP contribution in [0.25, 0.3) is 0 Å². The predicted molar refractivity (Wildman–Crippen MR) is 155 cm³/mol. The van der Waals surface area contributed by atoms with Gasteiger partial charge in [0.1, 0.15) is 17.3 Å². The van der Waals surface area contributed by atoms with Gasteiger partial charge in [-0.2, -0.15) is 5.26 Å². The lowest BCUT2D eigenvalue weighted by Crippen LogP contribution is -2.40. The summed E-state index contributed by atoms with van der Waals surface area (Å²) in [6.45, 7) is 2.03. The number of nitro groups is 2. The Hall–Kier alpha value is -5.21. The molecule has 0 aromatic heterocycles. The monoisotopic (exact) mass is 585 g/mol. The Labute approximate surface area is 245 Å². The van der Waals surface area contributed by atoms with Crippen molar-refractivity contribution in [2.45, 2.75) is 31.6 Å². The summed E-state index contributed by atoms with van der Waals surface area (Å²) in [6.07, 6.45) is 0.335. The summed E-state index contributed by atoms with van der Waals surface area (Å²) in [4.78, 5) is 38.1. The van der Waals surface area contributed by atoms with Crippen molar-refractivity contribution in [3.05, 3.63) is 126 Å². The van der Waals surface area contributed by atoms with Crippen LogP contribution < -0.4 is 15.4 Å². The summed E-state index contributed by atoms with van der Waals surface area (Å²) in [7, 11) is 0. The molecule has 0 saturated heterocycles. The van der Waals surface area contributed by atoms with Crippen LogP contribution in [0.3, 0.4) is 0 Å². The van der Waals surface area contributed by atoms with E-state index >= 15 is 0 Å². The molecule has 212 valence electrons. The smallest absolute Gasteiger partial charge is 0.296 e. The normalized spacial score (nSPS) is 18.4. The van der Waals surface area contributed by atoms with Crippen LogP contribution in [0.2, 0.25) is 5.02 Å². The zero-order chi connectivity index (χ0) is 30.1. The van der Waals surface area contributed by atoms with E-state index in [1.165, 1.54) is 35.2 Å². The average Bonchev–Trinajstić information content (AvgIpc) is 2.97. The molecule has 11 nitrogen and oxygen atoms in total. The zero-order valence-corrected chi connectivity index (χ0v) is 23.1. The Kier molecular flexibility index (Phi) is 7.65. The maximum Gasteiger partial charge on any atom is 0.296 e. The minimum atomic E-state index is -1.11. The van der Waals surface area contributed by atoms with Crippen molar-refractivity contribution in [3.63, 3.8) is 0 Å². The number of benzene rings is 3. The molecule has 0 bridgehead atoms. The fraction of sp³-hybridized carbons (Fsp3) is 0.200. The standard InChI is InChI=1S/C30H24ClN5O6/c1-2-42-20-9-11-24(25(15-20)36(40)41)34-26-12-18(17-6-4-3-5-7-17)13-27(37)29(26)28(22(16-32)30(34)33)21-14-19(35(38)39)8-10-23(21)31/h3-11,14-15,18,28H,2,12-13,33H2,1H3/t18-,28+/m1/s1. The molecule has 42 heavy (non-hydrogen) atoms. The van der Waals surface area contributed by atoms with E-state index in [-0.39, 0.29) is 81.5 Å². The van der Waals surface area contributed by atoms with Crippen LogP contribution in [-0.4, -0.2) is 22.2 Å². The van der Waals surface area contributed by atoms with Crippen LogP contribution in [0, 0.1) is 31.6 Å². The molecule has 0 saturated carbocycles. The molecule has 12 heteroatoms. The van der Waals surface area contributed by atoms with Gasteiger partial charge >= 0.3 is 0 Å². The first-order valence-electron chi connectivity index (χ1n) is 13.0. The number of nitriles is 1. The molecule has 1 aliphatic carbocycles. The van der Waals surface area contributed by atoms with Gasteiger partial charge in [0.05, 0.1) is 40.1 Å². The molecule has 1 aliphatic heterocycles. The van der Waals surface area contributed by atoms with Crippen molar-refractivity contribution >= 4 is 34.4 Å². The van der Waals surface area contributed by atoms with Gasteiger partial charge in [-0.25, -0.2) is 0 Å². The van der Waals surface area contributed by atoms with Gasteiger partial charge in [0, 0.05) is 34.8 Å². The summed E-state index contributed by atoms with van der Waals surface area (Å²) in [5.41, 5.74) is 7.56.